The Morgan fingerprint density at radius 1 is 1.40 bits per heavy atom. The lowest BCUT2D eigenvalue weighted by atomic mass is 10.0. The van der Waals surface area contributed by atoms with Crippen LogP contribution in [0.2, 0.25) is 0 Å². The van der Waals surface area contributed by atoms with Crippen LogP contribution in [-0.2, 0) is 4.74 Å². The molecule has 1 aliphatic heterocycles. The minimum atomic E-state index is -0.179. The highest BCUT2D eigenvalue weighted by Gasteiger charge is 2.21. The molecule has 2 atom stereocenters. The second kappa shape index (κ2) is 5.61. The molecule has 6 heteroatoms. The average molecular weight is 340 g/mol. The lowest BCUT2D eigenvalue weighted by Crippen LogP contribution is -2.33. The Bertz CT molecular complexity index is 664. The fraction of sp³-hybridized carbons (Fsp3) is 0.500. The van der Waals surface area contributed by atoms with Gasteiger partial charge in [0.2, 0.25) is 0 Å². The third-order valence-electron chi connectivity index (χ3n) is 3.79. The molecule has 1 aromatic heterocycles. The minimum absolute atomic E-state index is 0.179. The zero-order chi connectivity index (χ0) is 14.1. The molecule has 108 valence electrons. The van der Waals surface area contributed by atoms with E-state index in [0.29, 0.717) is 12.1 Å². The van der Waals surface area contributed by atoms with Crippen molar-refractivity contribution in [2.24, 2.45) is 0 Å². The van der Waals surface area contributed by atoms with Gasteiger partial charge in [0.15, 0.2) is 0 Å². The maximum absolute atomic E-state index is 11.3. The first-order valence-electron chi connectivity index (χ1n) is 6.95. The number of hydrogen-bond acceptors (Lipinski definition) is 3. The molecule has 0 amide bonds. The van der Waals surface area contributed by atoms with Gasteiger partial charge in [-0.05, 0) is 47.3 Å². The number of aromatic nitrogens is 2. The Balaban J connectivity index is 1.82. The fourth-order valence-electron chi connectivity index (χ4n) is 2.68. The van der Waals surface area contributed by atoms with Crippen molar-refractivity contribution in [2.45, 2.75) is 38.3 Å². The van der Waals surface area contributed by atoms with E-state index in [1.165, 1.54) is 0 Å². The normalized spacial score (nSPS) is 23.1. The van der Waals surface area contributed by atoms with Crippen LogP contribution >= 0.6 is 15.9 Å². The van der Waals surface area contributed by atoms with Gasteiger partial charge < -0.3 is 20.0 Å². The first-order valence-corrected chi connectivity index (χ1v) is 7.74. The van der Waals surface area contributed by atoms with Gasteiger partial charge in [-0.15, -0.1) is 0 Å². The molecule has 1 fully saturated rings. The lowest BCUT2D eigenvalue weighted by molar-refractivity contribution is 0.00925. The summed E-state index contributed by atoms with van der Waals surface area (Å²) in [7, 11) is 0. The molecule has 5 nitrogen and oxygen atoms in total. The summed E-state index contributed by atoms with van der Waals surface area (Å²) in [4.78, 5) is 16.9. The number of halogens is 1. The van der Waals surface area contributed by atoms with Crippen LogP contribution in [-0.4, -0.2) is 28.7 Å². The summed E-state index contributed by atoms with van der Waals surface area (Å²) in [6, 6.07) is 4.30. The van der Waals surface area contributed by atoms with Gasteiger partial charge in [-0.3, -0.25) is 0 Å². The molecular weight excluding hydrogens is 322 g/mol. The SMILES string of the molecule is CCC1CC(Nc2cc3[nH]c(=O)[nH]c3cc2Br)CCO1. The second-order valence-corrected chi connectivity index (χ2v) is 6.08. The van der Waals surface area contributed by atoms with Gasteiger partial charge in [-0.2, -0.15) is 0 Å². The van der Waals surface area contributed by atoms with E-state index in [4.69, 9.17) is 4.74 Å². The highest BCUT2D eigenvalue weighted by molar-refractivity contribution is 9.10. The molecule has 3 rings (SSSR count). The molecular formula is C14H18BrN3O2. The number of nitrogens with one attached hydrogen (secondary N) is 3. The number of fused-ring (bicyclic) bond motifs is 1. The van der Waals surface area contributed by atoms with Crippen molar-refractivity contribution in [2.75, 3.05) is 11.9 Å². The van der Waals surface area contributed by atoms with Crippen LogP contribution in [0.5, 0.6) is 0 Å². The number of rotatable bonds is 3. The first-order chi connectivity index (χ1) is 9.65. The maximum Gasteiger partial charge on any atom is 0.323 e. The van der Waals surface area contributed by atoms with Crippen LogP contribution in [0, 0.1) is 0 Å². The lowest BCUT2D eigenvalue weighted by Gasteiger charge is -2.30. The molecule has 2 unspecified atom stereocenters. The van der Waals surface area contributed by atoms with Gasteiger partial charge >= 0.3 is 5.69 Å². The number of hydrogen-bond donors (Lipinski definition) is 3. The third kappa shape index (κ3) is 2.76. The van der Waals surface area contributed by atoms with Gasteiger partial charge in [0.25, 0.3) is 0 Å². The van der Waals surface area contributed by atoms with Crippen LogP contribution < -0.4 is 11.0 Å². The molecule has 1 aromatic carbocycles. The Morgan fingerprint density at radius 2 is 2.15 bits per heavy atom. The van der Waals surface area contributed by atoms with E-state index >= 15 is 0 Å². The first kappa shape index (κ1) is 13.7. The number of aromatic amines is 2. The van der Waals surface area contributed by atoms with Crippen LogP contribution in [0.3, 0.4) is 0 Å². The minimum Gasteiger partial charge on any atom is -0.381 e. The molecule has 0 spiro atoms. The quantitative estimate of drug-likeness (QED) is 0.805. The summed E-state index contributed by atoms with van der Waals surface area (Å²) in [5.41, 5.74) is 2.46. The van der Waals surface area contributed by atoms with Crippen molar-refractivity contribution in [1.82, 2.24) is 9.97 Å². The highest BCUT2D eigenvalue weighted by atomic mass is 79.9. The monoisotopic (exact) mass is 339 g/mol. The smallest absolute Gasteiger partial charge is 0.323 e. The number of benzene rings is 1. The molecule has 0 bridgehead atoms. The third-order valence-corrected chi connectivity index (χ3v) is 4.44. The van der Waals surface area contributed by atoms with Crippen molar-refractivity contribution >= 4 is 32.7 Å². The van der Waals surface area contributed by atoms with E-state index in [2.05, 4.69) is 38.1 Å². The van der Waals surface area contributed by atoms with E-state index in [-0.39, 0.29) is 5.69 Å². The van der Waals surface area contributed by atoms with E-state index in [0.717, 1.165) is 47.1 Å². The van der Waals surface area contributed by atoms with Crippen molar-refractivity contribution in [3.63, 3.8) is 0 Å². The van der Waals surface area contributed by atoms with Crippen LogP contribution in [0.15, 0.2) is 21.4 Å². The van der Waals surface area contributed by atoms with Crippen LogP contribution in [0.4, 0.5) is 5.69 Å². The molecule has 0 saturated carbocycles. The van der Waals surface area contributed by atoms with Gasteiger partial charge in [0.1, 0.15) is 0 Å². The van der Waals surface area contributed by atoms with E-state index < -0.39 is 0 Å². The predicted molar refractivity (Wildman–Crippen MR) is 83.3 cm³/mol. The molecule has 2 heterocycles. The van der Waals surface area contributed by atoms with Gasteiger partial charge in [0, 0.05) is 17.1 Å². The molecule has 1 aliphatic rings. The van der Waals surface area contributed by atoms with Gasteiger partial charge in [0.05, 0.1) is 22.8 Å². The Kier molecular flexibility index (Phi) is 3.85. The van der Waals surface area contributed by atoms with Crippen molar-refractivity contribution in [1.29, 1.82) is 0 Å². The summed E-state index contributed by atoms with van der Waals surface area (Å²) in [6.07, 6.45) is 3.41. The largest absolute Gasteiger partial charge is 0.381 e. The predicted octanol–water partition coefficient (Wildman–Crippen LogP) is 2.99. The average Bonchev–Trinajstić information content (AvgIpc) is 2.78. The summed E-state index contributed by atoms with van der Waals surface area (Å²) in [6.45, 7) is 2.95. The van der Waals surface area contributed by atoms with E-state index in [9.17, 15) is 4.79 Å². The molecule has 3 N–H and O–H groups in total. The Morgan fingerprint density at radius 3 is 2.90 bits per heavy atom. The number of imidazole rings is 1. The van der Waals surface area contributed by atoms with Crippen molar-refractivity contribution < 1.29 is 4.74 Å². The Labute approximate surface area is 125 Å². The van der Waals surface area contributed by atoms with E-state index in [1.54, 1.807) is 0 Å². The van der Waals surface area contributed by atoms with Gasteiger partial charge in [-0.1, -0.05) is 6.92 Å². The Hall–Kier alpha value is -1.27. The molecule has 2 aromatic rings. The van der Waals surface area contributed by atoms with Crippen molar-refractivity contribution in [3.05, 3.63) is 27.1 Å². The summed E-state index contributed by atoms with van der Waals surface area (Å²) < 4.78 is 6.65. The topological polar surface area (TPSA) is 69.9 Å². The summed E-state index contributed by atoms with van der Waals surface area (Å²) >= 11 is 3.56. The number of anilines is 1. The van der Waals surface area contributed by atoms with Crippen molar-refractivity contribution in [3.8, 4) is 0 Å². The van der Waals surface area contributed by atoms with Crippen LogP contribution in [0.25, 0.3) is 11.0 Å². The standard InChI is InChI=1S/C14H18BrN3O2/c1-2-9-5-8(3-4-20-9)16-11-7-13-12(6-10(11)15)17-14(19)18-13/h6-9,16H,2-5H2,1H3,(H2,17,18,19). The summed E-state index contributed by atoms with van der Waals surface area (Å²) in [5, 5.41) is 3.55. The number of H-pyrrole nitrogens is 2. The van der Waals surface area contributed by atoms with E-state index in [1.807, 2.05) is 12.1 Å². The summed E-state index contributed by atoms with van der Waals surface area (Å²) in [5.74, 6) is 0. The molecule has 0 radical (unpaired) electrons. The maximum atomic E-state index is 11.3. The molecule has 1 saturated heterocycles. The molecule has 0 aliphatic carbocycles. The molecule has 20 heavy (non-hydrogen) atoms. The highest BCUT2D eigenvalue weighted by Crippen LogP contribution is 2.29. The van der Waals surface area contributed by atoms with Crippen LogP contribution in [0.1, 0.15) is 26.2 Å². The zero-order valence-corrected chi connectivity index (χ0v) is 12.9. The fourth-order valence-corrected chi connectivity index (χ4v) is 3.14. The second-order valence-electron chi connectivity index (χ2n) is 5.22. The zero-order valence-electron chi connectivity index (χ0n) is 11.3. The van der Waals surface area contributed by atoms with Gasteiger partial charge in [-0.25, -0.2) is 4.79 Å². The number of ether oxygens (including phenoxy) is 1.